The Hall–Kier alpha value is -2.51. The number of nitrogens with zero attached hydrogens (tertiary/aromatic N) is 1. The zero-order valence-electron chi connectivity index (χ0n) is 16.2. The number of rotatable bonds is 5. The number of likely N-dealkylation sites (tertiary alicyclic amines) is 1. The largest absolute Gasteiger partial charge is 0.480 e. The number of nitrogens with one attached hydrogen (secondary N) is 1. The van der Waals surface area contributed by atoms with Gasteiger partial charge in [0, 0.05) is 12.1 Å². The van der Waals surface area contributed by atoms with Crippen LogP contribution in [-0.2, 0) is 14.4 Å². The molecule has 0 radical (unpaired) electrons. The van der Waals surface area contributed by atoms with Crippen molar-refractivity contribution in [2.75, 3.05) is 6.61 Å². The van der Waals surface area contributed by atoms with Gasteiger partial charge in [-0.1, -0.05) is 61.7 Å². The van der Waals surface area contributed by atoms with Crippen molar-refractivity contribution in [1.29, 1.82) is 0 Å². The number of carboxylic acid groups (broad SMARTS) is 1. The average Bonchev–Trinajstić information content (AvgIpc) is 3.22. The van der Waals surface area contributed by atoms with Crippen LogP contribution in [0.2, 0.25) is 0 Å². The fourth-order valence-corrected chi connectivity index (χ4v) is 5.12. The second kappa shape index (κ2) is 7.72. The maximum atomic E-state index is 13.3. The summed E-state index contributed by atoms with van der Waals surface area (Å²) in [5.41, 5.74) is -0.949. The highest BCUT2D eigenvalue weighted by molar-refractivity contribution is 6.10. The molecule has 1 saturated carbocycles. The van der Waals surface area contributed by atoms with E-state index < -0.39 is 41.9 Å². The van der Waals surface area contributed by atoms with Crippen LogP contribution in [0.25, 0.3) is 6.08 Å². The van der Waals surface area contributed by atoms with E-state index in [2.05, 4.69) is 5.32 Å². The smallest absolute Gasteiger partial charge is 0.327 e. The predicted molar refractivity (Wildman–Crippen MR) is 106 cm³/mol. The van der Waals surface area contributed by atoms with Crippen LogP contribution in [0, 0.1) is 11.8 Å². The maximum absolute atomic E-state index is 13.3. The lowest BCUT2D eigenvalue weighted by atomic mass is 9.80. The van der Waals surface area contributed by atoms with Crippen molar-refractivity contribution in [3.05, 3.63) is 42.0 Å². The van der Waals surface area contributed by atoms with Crippen molar-refractivity contribution >= 4 is 23.9 Å². The van der Waals surface area contributed by atoms with Crippen LogP contribution in [0.1, 0.15) is 37.7 Å². The standard InChI is InChI=1S/C22H26N2O5/c25-13-22(21(28)29)18-17(16(23-22)12-11-14-7-3-1-4-8-14)19(26)24(20(18)27)15-9-5-2-6-10-15/h1,3-4,7-8,11-12,15-18,23,25H,2,5-6,9-10,13H2,(H,28,29). The summed E-state index contributed by atoms with van der Waals surface area (Å²) in [5.74, 6) is -4.03. The van der Waals surface area contributed by atoms with Crippen molar-refractivity contribution in [3.63, 3.8) is 0 Å². The maximum Gasteiger partial charge on any atom is 0.327 e. The summed E-state index contributed by atoms with van der Waals surface area (Å²) in [6.07, 6.45) is 8.06. The minimum absolute atomic E-state index is 0.168. The zero-order valence-corrected chi connectivity index (χ0v) is 16.2. The Morgan fingerprint density at radius 3 is 2.45 bits per heavy atom. The van der Waals surface area contributed by atoms with Crippen LogP contribution in [0.4, 0.5) is 0 Å². The first-order valence-corrected chi connectivity index (χ1v) is 10.2. The van der Waals surface area contributed by atoms with Gasteiger partial charge in [-0.05, 0) is 18.4 Å². The molecule has 0 spiro atoms. The summed E-state index contributed by atoms with van der Waals surface area (Å²) >= 11 is 0. The van der Waals surface area contributed by atoms with Gasteiger partial charge in [0.15, 0.2) is 5.54 Å². The fourth-order valence-electron chi connectivity index (χ4n) is 5.12. The molecule has 1 aliphatic carbocycles. The minimum atomic E-state index is -1.85. The second-order valence-electron chi connectivity index (χ2n) is 8.22. The highest BCUT2D eigenvalue weighted by Gasteiger charge is 2.68. The summed E-state index contributed by atoms with van der Waals surface area (Å²) in [5, 5.41) is 22.8. The van der Waals surface area contributed by atoms with Gasteiger partial charge in [-0.2, -0.15) is 0 Å². The highest BCUT2D eigenvalue weighted by atomic mass is 16.4. The van der Waals surface area contributed by atoms with E-state index in [1.807, 2.05) is 36.4 Å². The number of aliphatic hydroxyl groups is 1. The van der Waals surface area contributed by atoms with E-state index in [9.17, 15) is 24.6 Å². The summed E-state index contributed by atoms with van der Waals surface area (Å²) in [4.78, 5) is 40.0. The number of amides is 2. The van der Waals surface area contributed by atoms with Crippen molar-refractivity contribution in [1.82, 2.24) is 10.2 Å². The molecule has 4 atom stereocenters. The Kier molecular flexibility index (Phi) is 5.27. The number of imide groups is 1. The van der Waals surface area contributed by atoms with Crippen molar-refractivity contribution in [2.45, 2.75) is 49.7 Å². The van der Waals surface area contributed by atoms with Gasteiger partial charge in [0.1, 0.15) is 0 Å². The fraction of sp³-hybridized carbons (Fsp3) is 0.500. The van der Waals surface area contributed by atoms with Gasteiger partial charge in [0.25, 0.3) is 0 Å². The van der Waals surface area contributed by atoms with E-state index in [4.69, 9.17) is 0 Å². The second-order valence-corrected chi connectivity index (χ2v) is 8.22. The van der Waals surface area contributed by atoms with Gasteiger partial charge < -0.3 is 10.2 Å². The molecule has 1 aromatic rings. The first-order chi connectivity index (χ1) is 14.0. The van der Waals surface area contributed by atoms with E-state index >= 15 is 0 Å². The average molecular weight is 398 g/mol. The molecular weight excluding hydrogens is 372 g/mol. The third kappa shape index (κ3) is 3.18. The molecule has 3 aliphatic rings. The number of hydrogen-bond acceptors (Lipinski definition) is 5. The van der Waals surface area contributed by atoms with Gasteiger partial charge in [0.05, 0.1) is 18.4 Å². The van der Waals surface area contributed by atoms with Gasteiger partial charge in [-0.15, -0.1) is 0 Å². The molecule has 4 unspecified atom stereocenters. The molecule has 7 nitrogen and oxygen atoms in total. The molecule has 2 saturated heterocycles. The number of aliphatic hydroxyl groups excluding tert-OH is 1. The monoisotopic (exact) mass is 398 g/mol. The lowest BCUT2D eigenvalue weighted by Gasteiger charge is -2.33. The van der Waals surface area contributed by atoms with E-state index in [1.165, 1.54) is 4.90 Å². The number of carbonyl (C=O) groups excluding carboxylic acids is 2. The SMILES string of the molecule is O=C1C2C(C=Cc3ccccc3)NC(CO)(C(=O)O)C2C(=O)N1C1CCCCC1. The topological polar surface area (TPSA) is 107 Å². The third-order valence-electron chi connectivity index (χ3n) is 6.59. The Morgan fingerprint density at radius 1 is 1.14 bits per heavy atom. The minimum Gasteiger partial charge on any atom is -0.480 e. The quantitative estimate of drug-likeness (QED) is 0.648. The van der Waals surface area contributed by atoms with Crippen molar-refractivity contribution < 1.29 is 24.6 Å². The Bertz CT molecular complexity index is 833. The summed E-state index contributed by atoms with van der Waals surface area (Å²) < 4.78 is 0. The van der Waals surface area contributed by atoms with Crippen molar-refractivity contribution in [2.24, 2.45) is 11.8 Å². The Labute approximate surface area is 169 Å². The third-order valence-corrected chi connectivity index (χ3v) is 6.59. The van der Waals surface area contributed by atoms with Crippen LogP contribution >= 0.6 is 0 Å². The highest BCUT2D eigenvalue weighted by Crippen LogP contribution is 2.45. The van der Waals surface area contributed by atoms with Crippen molar-refractivity contribution in [3.8, 4) is 0 Å². The molecular formula is C22H26N2O5. The molecule has 154 valence electrons. The number of carboxylic acids is 1. The van der Waals surface area contributed by atoms with Crippen LogP contribution < -0.4 is 5.32 Å². The van der Waals surface area contributed by atoms with Gasteiger partial charge >= 0.3 is 5.97 Å². The summed E-state index contributed by atoms with van der Waals surface area (Å²) in [7, 11) is 0. The zero-order chi connectivity index (χ0) is 20.6. The van der Waals surface area contributed by atoms with Crippen LogP contribution in [0.3, 0.4) is 0 Å². The lowest BCUT2D eigenvalue weighted by molar-refractivity contribution is -0.154. The van der Waals surface area contributed by atoms with E-state index in [0.717, 1.165) is 37.7 Å². The van der Waals surface area contributed by atoms with E-state index in [1.54, 1.807) is 6.08 Å². The molecule has 4 rings (SSSR count). The molecule has 2 aliphatic heterocycles. The molecule has 2 amide bonds. The van der Waals surface area contributed by atoms with Crippen LogP contribution in [-0.4, -0.2) is 57.1 Å². The normalized spacial score (nSPS) is 32.9. The lowest BCUT2D eigenvalue weighted by Crippen LogP contribution is -2.59. The molecule has 3 N–H and O–H groups in total. The van der Waals surface area contributed by atoms with E-state index in [0.29, 0.717) is 0 Å². The van der Waals surface area contributed by atoms with Gasteiger partial charge in [-0.3, -0.25) is 24.6 Å². The Morgan fingerprint density at radius 2 is 1.83 bits per heavy atom. The summed E-state index contributed by atoms with van der Waals surface area (Å²) in [6, 6.07) is 8.64. The molecule has 7 heteroatoms. The van der Waals surface area contributed by atoms with Crippen LogP contribution in [0.15, 0.2) is 36.4 Å². The Balaban J connectivity index is 1.70. The summed E-state index contributed by atoms with van der Waals surface area (Å²) in [6.45, 7) is -0.753. The molecule has 3 fully saturated rings. The molecule has 0 bridgehead atoms. The predicted octanol–water partition coefficient (Wildman–Crippen LogP) is 1.42. The van der Waals surface area contributed by atoms with Crippen LogP contribution in [0.5, 0.6) is 0 Å². The number of carbonyl (C=O) groups is 3. The molecule has 29 heavy (non-hydrogen) atoms. The van der Waals surface area contributed by atoms with Gasteiger partial charge in [0.2, 0.25) is 11.8 Å². The molecule has 2 heterocycles. The van der Waals surface area contributed by atoms with Gasteiger partial charge in [-0.25, -0.2) is 0 Å². The molecule has 0 aromatic heterocycles. The molecule has 1 aromatic carbocycles. The first kappa shape index (κ1) is 19.8. The van der Waals surface area contributed by atoms with E-state index in [-0.39, 0.29) is 11.9 Å². The number of fused-ring (bicyclic) bond motifs is 1. The first-order valence-electron chi connectivity index (χ1n) is 10.2. The number of benzene rings is 1. The number of aliphatic carboxylic acids is 1. The number of hydrogen-bond donors (Lipinski definition) is 3.